The lowest BCUT2D eigenvalue weighted by Gasteiger charge is -2.21. The molecule has 3 nitrogen and oxygen atoms in total. The lowest BCUT2D eigenvalue weighted by atomic mass is 10.1. The molecule has 0 N–H and O–H groups in total. The van der Waals surface area contributed by atoms with Crippen molar-refractivity contribution in [2.45, 2.75) is 45.1 Å². The molecule has 21 heavy (non-hydrogen) atoms. The van der Waals surface area contributed by atoms with Crippen molar-refractivity contribution in [1.82, 2.24) is 4.90 Å². The Balaban J connectivity index is 1.73. The minimum absolute atomic E-state index is 0.113. The van der Waals surface area contributed by atoms with E-state index in [0.717, 1.165) is 31.5 Å². The number of carbonyl (C=O) groups excluding carboxylic acids is 1. The number of carbonyl (C=O) groups is 1. The molecule has 0 atom stereocenters. The van der Waals surface area contributed by atoms with Crippen LogP contribution in [0, 0.1) is 5.82 Å². The van der Waals surface area contributed by atoms with Crippen LogP contribution in [0.25, 0.3) is 0 Å². The van der Waals surface area contributed by atoms with Gasteiger partial charge in [0, 0.05) is 19.0 Å². The highest BCUT2D eigenvalue weighted by atomic mass is 19.1. The van der Waals surface area contributed by atoms with E-state index in [0.29, 0.717) is 19.1 Å². The average Bonchev–Trinajstić information content (AvgIpc) is 3.27. The average molecular weight is 293 g/mol. The first-order valence-corrected chi connectivity index (χ1v) is 7.83. The molecule has 0 heterocycles. The van der Waals surface area contributed by atoms with Crippen LogP contribution in [0.3, 0.4) is 0 Å². The summed E-state index contributed by atoms with van der Waals surface area (Å²) in [5.74, 6) is -0.286. The summed E-state index contributed by atoms with van der Waals surface area (Å²) in [7, 11) is 0. The topological polar surface area (TPSA) is 29.5 Å². The first kappa shape index (κ1) is 16.0. The smallest absolute Gasteiger partial charge is 0.305 e. The lowest BCUT2D eigenvalue weighted by molar-refractivity contribution is -0.143. The van der Waals surface area contributed by atoms with E-state index in [9.17, 15) is 9.18 Å². The summed E-state index contributed by atoms with van der Waals surface area (Å²) in [6.45, 7) is 4.12. The maximum Gasteiger partial charge on any atom is 0.305 e. The fraction of sp³-hybridized carbons (Fsp3) is 0.588. The highest BCUT2D eigenvalue weighted by Gasteiger charge is 2.28. The fourth-order valence-electron chi connectivity index (χ4n) is 2.54. The van der Waals surface area contributed by atoms with Crippen molar-refractivity contribution >= 4 is 5.97 Å². The second-order valence-corrected chi connectivity index (χ2v) is 5.56. The van der Waals surface area contributed by atoms with Crippen LogP contribution in [0.5, 0.6) is 0 Å². The van der Waals surface area contributed by atoms with Gasteiger partial charge in [-0.15, -0.1) is 0 Å². The van der Waals surface area contributed by atoms with Crippen molar-refractivity contribution in [3.63, 3.8) is 0 Å². The van der Waals surface area contributed by atoms with Crippen LogP contribution in [-0.4, -0.2) is 36.6 Å². The Kier molecular flexibility index (Phi) is 6.18. The van der Waals surface area contributed by atoms with E-state index >= 15 is 0 Å². The van der Waals surface area contributed by atoms with E-state index in [1.54, 1.807) is 12.1 Å². The number of nitrogens with zero attached hydrogens (tertiary/aromatic N) is 1. The second kappa shape index (κ2) is 8.13. The number of benzene rings is 1. The molecule has 116 valence electrons. The van der Waals surface area contributed by atoms with Gasteiger partial charge in [-0.25, -0.2) is 4.39 Å². The first-order valence-electron chi connectivity index (χ1n) is 7.83. The van der Waals surface area contributed by atoms with Crippen molar-refractivity contribution in [1.29, 1.82) is 0 Å². The summed E-state index contributed by atoms with van der Waals surface area (Å²) in [6.07, 6.45) is 4.65. The molecule has 0 aliphatic heterocycles. The van der Waals surface area contributed by atoms with Crippen LogP contribution in [0.2, 0.25) is 0 Å². The van der Waals surface area contributed by atoms with E-state index in [2.05, 4.69) is 4.90 Å². The summed E-state index contributed by atoms with van der Waals surface area (Å²) in [6, 6.07) is 7.45. The van der Waals surface area contributed by atoms with Gasteiger partial charge in [-0.3, -0.25) is 4.79 Å². The predicted octanol–water partition coefficient (Wildman–Crippen LogP) is 3.18. The molecule has 0 saturated heterocycles. The van der Waals surface area contributed by atoms with Crippen molar-refractivity contribution in [2.75, 3.05) is 19.7 Å². The molecule has 0 bridgehead atoms. The Bertz CT molecular complexity index is 460. The molecule has 1 saturated carbocycles. The van der Waals surface area contributed by atoms with Gasteiger partial charge in [-0.2, -0.15) is 0 Å². The largest absolute Gasteiger partial charge is 0.466 e. The number of rotatable bonds is 9. The third-order valence-corrected chi connectivity index (χ3v) is 3.77. The van der Waals surface area contributed by atoms with Crippen molar-refractivity contribution < 1.29 is 13.9 Å². The van der Waals surface area contributed by atoms with Gasteiger partial charge in [0.2, 0.25) is 0 Å². The predicted molar refractivity (Wildman–Crippen MR) is 80.6 cm³/mol. The van der Waals surface area contributed by atoms with E-state index < -0.39 is 0 Å². The molecule has 0 radical (unpaired) electrons. The number of halogens is 1. The number of hydrogen-bond donors (Lipinski definition) is 0. The maximum absolute atomic E-state index is 13.2. The molecule has 1 aliphatic rings. The lowest BCUT2D eigenvalue weighted by Crippen LogP contribution is -2.30. The molecule has 0 spiro atoms. The molecule has 0 amide bonds. The standard InChI is InChI=1S/C17H24FNO2/c1-2-21-17(20)7-4-11-19(16-8-9-16)12-10-14-5-3-6-15(18)13-14/h3,5-6,13,16H,2,4,7-12H2,1H3. The van der Waals surface area contributed by atoms with E-state index in [-0.39, 0.29) is 11.8 Å². The maximum atomic E-state index is 13.2. The molecule has 4 heteroatoms. The van der Waals surface area contributed by atoms with Gasteiger partial charge in [-0.05, 0) is 56.8 Å². The highest BCUT2D eigenvalue weighted by molar-refractivity contribution is 5.69. The Morgan fingerprint density at radius 3 is 2.86 bits per heavy atom. The normalized spacial score (nSPS) is 14.4. The quantitative estimate of drug-likeness (QED) is 0.655. The molecule has 0 aromatic heterocycles. The van der Waals surface area contributed by atoms with Gasteiger partial charge in [0.1, 0.15) is 5.82 Å². The van der Waals surface area contributed by atoms with Crippen molar-refractivity contribution in [2.24, 2.45) is 0 Å². The summed E-state index contributed by atoms with van der Waals surface area (Å²) >= 11 is 0. The summed E-state index contributed by atoms with van der Waals surface area (Å²) in [5, 5.41) is 0. The number of ether oxygens (including phenoxy) is 1. The summed E-state index contributed by atoms with van der Waals surface area (Å²) < 4.78 is 18.1. The molecule has 1 aromatic carbocycles. The Labute approximate surface area is 126 Å². The Morgan fingerprint density at radius 2 is 2.19 bits per heavy atom. The number of esters is 1. The van der Waals surface area contributed by atoms with Gasteiger partial charge in [0.25, 0.3) is 0 Å². The SMILES string of the molecule is CCOC(=O)CCCN(CCc1cccc(F)c1)C1CC1. The molecule has 0 unspecified atom stereocenters. The molecular formula is C17H24FNO2. The van der Waals surface area contributed by atoms with Crippen molar-refractivity contribution in [3.8, 4) is 0 Å². The molecule has 1 aromatic rings. The zero-order valence-corrected chi connectivity index (χ0v) is 12.7. The van der Waals surface area contributed by atoms with Crippen LogP contribution >= 0.6 is 0 Å². The molecule has 2 rings (SSSR count). The Morgan fingerprint density at radius 1 is 1.38 bits per heavy atom. The zero-order chi connectivity index (χ0) is 15.1. The van der Waals surface area contributed by atoms with Crippen LogP contribution < -0.4 is 0 Å². The van der Waals surface area contributed by atoms with Crippen molar-refractivity contribution in [3.05, 3.63) is 35.6 Å². The van der Waals surface area contributed by atoms with Gasteiger partial charge >= 0.3 is 5.97 Å². The highest BCUT2D eigenvalue weighted by Crippen LogP contribution is 2.27. The van der Waals surface area contributed by atoms with E-state index in [1.807, 2.05) is 13.0 Å². The minimum Gasteiger partial charge on any atom is -0.466 e. The van der Waals surface area contributed by atoms with Gasteiger partial charge < -0.3 is 9.64 Å². The van der Waals surface area contributed by atoms with E-state index in [4.69, 9.17) is 4.74 Å². The summed E-state index contributed by atoms with van der Waals surface area (Å²) in [4.78, 5) is 13.8. The molecule has 1 fully saturated rings. The summed E-state index contributed by atoms with van der Waals surface area (Å²) in [5.41, 5.74) is 1.03. The fourth-order valence-corrected chi connectivity index (χ4v) is 2.54. The van der Waals surface area contributed by atoms with Gasteiger partial charge in [0.05, 0.1) is 6.61 Å². The first-order chi connectivity index (χ1) is 10.2. The van der Waals surface area contributed by atoms with Gasteiger partial charge in [0.15, 0.2) is 0 Å². The zero-order valence-electron chi connectivity index (χ0n) is 12.7. The van der Waals surface area contributed by atoms with Gasteiger partial charge in [-0.1, -0.05) is 12.1 Å². The Hall–Kier alpha value is -1.42. The monoisotopic (exact) mass is 293 g/mol. The third-order valence-electron chi connectivity index (χ3n) is 3.77. The molecule has 1 aliphatic carbocycles. The molecular weight excluding hydrogens is 269 g/mol. The third kappa shape index (κ3) is 5.84. The van der Waals surface area contributed by atoms with Crippen LogP contribution in [-0.2, 0) is 16.0 Å². The van der Waals surface area contributed by atoms with E-state index in [1.165, 1.54) is 18.9 Å². The number of hydrogen-bond acceptors (Lipinski definition) is 3. The van der Waals surface area contributed by atoms with Crippen LogP contribution in [0.4, 0.5) is 4.39 Å². The van der Waals surface area contributed by atoms with Crippen LogP contribution in [0.15, 0.2) is 24.3 Å². The second-order valence-electron chi connectivity index (χ2n) is 5.56. The van der Waals surface area contributed by atoms with Crippen LogP contribution in [0.1, 0.15) is 38.2 Å². The minimum atomic E-state index is -0.173.